The molecule has 0 aliphatic carbocycles. The zero-order valence-corrected chi connectivity index (χ0v) is 16.3. The first-order valence-electron chi connectivity index (χ1n) is 8.60. The van der Waals surface area contributed by atoms with E-state index in [1.54, 1.807) is 12.1 Å². The molecule has 7 heteroatoms. The van der Waals surface area contributed by atoms with Crippen LogP contribution in [0.2, 0.25) is 0 Å². The van der Waals surface area contributed by atoms with Crippen LogP contribution in [0.15, 0.2) is 77.7 Å². The van der Waals surface area contributed by atoms with E-state index in [-0.39, 0.29) is 27.9 Å². The summed E-state index contributed by atoms with van der Waals surface area (Å²) in [6.45, 7) is 1.85. The summed E-state index contributed by atoms with van der Waals surface area (Å²) in [5.41, 5.74) is 1.63. The van der Waals surface area contributed by atoms with Gasteiger partial charge in [-0.15, -0.1) is 0 Å². The number of carbonyl (C=O) groups is 1. The zero-order chi connectivity index (χ0) is 21.0. The molecule has 0 aliphatic heterocycles. The van der Waals surface area contributed by atoms with Crippen LogP contribution in [-0.2, 0) is 10.1 Å². The highest BCUT2D eigenvalue weighted by atomic mass is 32.2. The van der Waals surface area contributed by atoms with Gasteiger partial charge >= 0.3 is 10.1 Å². The molecule has 0 saturated carbocycles. The van der Waals surface area contributed by atoms with Crippen LogP contribution in [0.25, 0.3) is 6.08 Å². The smallest absolute Gasteiger partial charge is 0.339 e. The van der Waals surface area contributed by atoms with Gasteiger partial charge in [0.2, 0.25) is 0 Å². The van der Waals surface area contributed by atoms with Gasteiger partial charge in [0.25, 0.3) is 0 Å². The fourth-order valence-electron chi connectivity index (χ4n) is 2.49. The number of ketones is 1. The summed E-state index contributed by atoms with van der Waals surface area (Å²) in [5, 5.41) is 19.0. The molecule has 0 bridgehead atoms. The largest absolute Gasteiger partial charge is 0.508 e. The highest BCUT2D eigenvalue weighted by Gasteiger charge is 2.16. The average Bonchev–Trinajstić information content (AvgIpc) is 2.68. The SMILES string of the molecule is Cc1ccc(S(=O)(=O)Oc2ccc(C(=O)C=Cc3ccc(O)cc3O)cc2)cc1. The van der Waals surface area contributed by atoms with E-state index < -0.39 is 10.1 Å². The second kappa shape index (κ2) is 8.20. The van der Waals surface area contributed by atoms with E-state index in [0.717, 1.165) is 5.56 Å². The number of aromatic hydroxyl groups is 2. The number of rotatable bonds is 6. The number of hydrogen-bond acceptors (Lipinski definition) is 6. The first-order chi connectivity index (χ1) is 13.7. The lowest BCUT2D eigenvalue weighted by molar-refractivity contribution is 0.104. The Morgan fingerprint density at radius 1 is 0.931 bits per heavy atom. The van der Waals surface area contributed by atoms with Crippen molar-refractivity contribution in [1.82, 2.24) is 0 Å². The molecule has 0 saturated heterocycles. The minimum Gasteiger partial charge on any atom is -0.508 e. The summed E-state index contributed by atoms with van der Waals surface area (Å²) in [7, 11) is -3.96. The van der Waals surface area contributed by atoms with E-state index in [1.807, 2.05) is 6.92 Å². The van der Waals surface area contributed by atoms with Gasteiger partial charge in [0.05, 0.1) is 0 Å². The van der Waals surface area contributed by atoms with E-state index in [9.17, 15) is 23.4 Å². The second-order valence-electron chi connectivity index (χ2n) is 6.32. The third-order valence-corrected chi connectivity index (χ3v) is 5.34. The van der Waals surface area contributed by atoms with Crippen molar-refractivity contribution in [3.63, 3.8) is 0 Å². The number of carbonyl (C=O) groups excluding carboxylic acids is 1. The number of aryl methyl sites for hydroxylation is 1. The molecule has 0 aromatic heterocycles. The van der Waals surface area contributed by atoms with Crippen LogP contribution in [0.5, 0.6) is 17.2 Å². The minimum atomic E-state index is -3.96. The van der Waals surface area contributed by atoms with Crippen molar-refractivity contribution in [1.29, 1.82) is 0 Å². The van der Waals surface area contributed by atoms with Crippen molar-refractivity contribution >= 4 is 22.0 Å². The Balaban J connectivity index is 1.71. The van der Waals surface area contributed by atoms with Crippen molar-refractivity contribution in [3.8, 4) is 17.2 Å². The Morgan fingerprint density at radius 3 is 2.21 bits per heavy atom. The molecule has 0 heterocycles. The standard InChI is InChI=1S/C22H18O6S/c1-15-2-11-20(12-3-15)29(26,27)28-19-9-5-16(6-10-19)21(24)13-7-17-4-8-18(23)14-22(17)25/h2-14,23,25H,1H3. The van der Waals surface area contributed by atoms with E-state index in [2.05, 4.69) is 0 Å². The minimum absolute atomic E-state index is 0.0416. The second-order valence-corrected chi connectivity index (χ2v) is 7.86. The Labute approximate surface area is 168 Å². The van der Waals surface area contributed by atoms with Crippen molar-refractivity contribution < 1.29 is 27.6 Å². The quantitative estimate of drug-likeness (QED) is 0.361. The van der Waals surface area contributed by atoms with Crippen LogP contribution >= 0.6 is 0 Å². The molecule has 29 heavy (non-hydrogen) atoms. The molecule has 2 N–H and O–H groups in total. The topological polar surface area (TPSA) is 101 Å². The molecule has 148 valence electrons. The van der Waals surface area contributed by atoms with Crippen LogP contribution in [0.1, 0.15) is 21.5 Å². The normalized spacial score (nSPS) is 11.5. The maximum atomic E-state index is 12.3. The summed E-state index contributed by atoms with van der Waals surface area (Å²) >= 11 is 0. The van der Waals surface area contributed by atoms with Crippen LogP contribution in [0.3, 0.4) is 0 Å². The molecule has 0 fully saturated rings. The highest BCUT2D eigenvalue weighted by Crippen LogP contribution is 2.24. The van der Waals surface area contributed by atoms with E-state index in [1.165, 1.54) is 66.7 Å². The number of phenols is 2. The Morgan fingerprint density at radius 2 is 1.59 bits per heavy atom. The van der Waals surface area contributed by atoms with Crippen molar-refractivity contribution in [3.05, 3.63) is 89.5 Å². The molecule has 0 atom stereocenters. The van der Waals surface area contributed by atoms with Crippen LogP contribution < -0.4 is 4.18 Å². The van der Waals surface area contributed by atoms with Gasteiger partial charge in [0.15, 0.2) is 5.78 Å². The fourth-order valence-corrected chi connectivity index (χ4v) is 3.42. The monoisotopic (exact) mass is 410 g/mol. The summed E-state index contributed by atoms with van der Waals surface area (Å²) in [4.78, 5) is 12.3. The van der Waals surface area contributed by atoms with Crippen LogP contribution in [-0.4, -0.2) is 24.4 Å². The molecule has 0 unspecified atom stereocenters. The molecule has 0 amide bonds. The summed E-state index contributed by atoms with van der Waals surface area (Å²) < 4.78 is 29.7. The van der Waals surface area contributed by atoms with Gasteiger partial charge in [-0.25, -0.2) is 0 Å². The number of phenolic OH excluding ortho intramolecular Hbond substituents is 2. The van der Waals surface area contributed by atoms with Gasteiger partial charge in [0.1, 0.15) is 22.1 Å². The van der Waals surface area contributed by atoms with E-state index >= 15 is 0 Å². The third kappa shape index (κ3) is 5.03. The van der Waals surface area contributed by atoms with Gasteiger partial charge in [-0.2, -0.15) is 8.42 Å². The van der Waals surface area contributed by atoms with Gasteiger partial charge in [-0.05, 0) is 67.6 Å². The summed E-state index contributed by atoms with van der Waals surface area (Å²) in [6.07, 6.45) is 2.69. The number of hydrogen-bond donors (Lipinski definition) is 2. The Bertz CT molecular complexity index is 1160. The maximum Gasteiger partial charge on any atom is 0.339 e. The predicted octanol–water partition coefficient (Wildman–Crippen LogP) is 4.07. The molecule has 0 aliphatic rings. The summed E-state index contributed by atoms with van der Waals surface area (Å²) in [5.74, 6) is -0.492. The zero-order valence-electron chi connectivity index (χ0n) is 15.4. The van der Waals surface area contributed by atoms with E-state index in [4.69, 9.17) is 4.18 Å². The molecular weight excluding hydrogens is 392 g/mol. The predicted molar refractivity (Wildman–Crippen MR) is 109 cm³/mol. The van der Waals surface area contributed by atoms with Crippen molar-refractivity contribution in [2.24, 2.45) is 0 Å². The molecular formula is C22H18O6S. The average molecular weight is 410 g/mol. The lowest BCUT2D eigenvalue weighted by Crippen LogP contribution is -2.09. The van der Waals surface area contributed by atoms with Gasteiger partial charge in [-0.1, -0.05) is 17.7 Å². The fraction of sp³-hybridized carbons (Fsp3) is 0.0455. The first kappa shape index (κ1) is 20.2. The molecule has 3 rings (SSSR count). The highest BCUT2D eigenvalue weighted by molar-refractivity contribution is 7.87. The lowest BCUT2D eigenvalue weighted by atomic mass is 10.1. The van der Waals surface area contributed by atoms with Crippen molar-refractivity contribution in [2.75, 3.05) is 0 Å². The van der Waals surface area contributed by atoms with Gasteiger partial charge in [0, 0.05) is 17.2 Å². The van der Waals surface area contributed by atoms with Crippen LogP contribution in [0, 0.1) is 6.92 Å². The third-order valence-electron chi connectivity index (χ3n) is 4.08. The first-order valence-corrected chi connectivity index (χ1v) is 10.0. The molecule has 0 spiro atoms. The number of allylic oxidation sites excluding steroid dienone is 1. The molecule has 0 radical (unpaired) electrons. The van der Waals surface area contributed by atoms with Crippen molar-refractivity contribution in [2.45, 2.75) is 11.8 Å². The van der Waals surface area contributed by atoms with Gasteiger partial charge in [-0.3, -0.25) is 4.79 Å². The van der Waals surface area contributed by atoms with Crippen LogP contribution in [0.4, 0.5) is 0 Å². The lowest BCUT2D eigenvalue weighted by Gasteiger charge is -2.07. The molecule has 3 aromatic carbocycles. The molecule has 3 aromatic rings. The maximum absolute atomic E-state index is 12.3. The Kier molecular flexibility index (Phi) is 5.70. The summed E-state index contributed by atoms with van der Waals surface area (Å²) in [6, 6.07) is 16.0. The van der Waals surface area contributed by atoms with E-state index in [0.29, 0.717) is 11.1 Å². The molecule has 6 nitrogen and oxygen atoms in total. The number of benzene rings is 3. The Hall–Kier alpha value is -3.58. The van der Waals surface area contributed by atoms with Gasteiger partial charge < -0.3 is 14.4 Å².